The van der Waals surface area contributed by atoms with E-state index in [9.17, 15) is 9.59 Å². The van der Waals surface area contributed by atoms with E-state index in [0.717, 1.165) is 23.7 Å². The number of para-hydroxylation sites is 1. The first-order valence-corrected chi connectivity index (χ1v) is 6.97. The number of nitrogens with two attached hydrogens (primary N) is 1. The maximum absolute atomic E-state index is 11.7. The van der Waals surface area contributed by atoms with Crippen molar-refractivity contribution in [2.45, 2.75) is 25.7 Å². The van der Waals surface area contributed by atoms with Crippen molar-refractivity contribution in [1.29, 1.82) is 0 Å². The number of benzene rings is 1. The lowest BCUT2D eigenvalue weighted by Crippen LogP contribution is -2.17. The Balaban J connectivity index is 2.60. The molecule has 0 spiro atoms. The Morgan fingerprint density at radius 3 is 2.61 bits per heavy atom. The molecule has 0 unspecified atom stereocenters. The van der Waals surface area contributed by atoms with Gasteiger partial charge in [0, 0.05) is 17.4 Å². The highest BCUT2D eigenvalue weighted by molar-refractivity contribution is 9.09. The van der Waals surface area contributed by atoms with Gasteiger partial charge in [0.05, 0.1) is 6.42 Å². The van der Waals surface area contributed by atoms with Gasteiger partial charge in [-0.25, -0.2) is 0 Å². The number of primary amides is 1. The average molecular weight is 313 g/mol. The first-order chi connectivity index (χ1) is 8.63. The molecule has 0 saturated heterocycles. The Kier molecular flexibility index (Phi) is 6.43. The molecule has 2 amide bonds. The largest absolute Gasteiger partial charge is 0.369 e. The molecule has 4 nitrogen and oxygen atoms in total. The molecule has 1 aromatic carbocycles. The Hall–Kier alpha value is -1.36. The second-order valence-electron chi connectivity index (χ2n) is 3.99. The Morgan fingerprint density at radius 2 is 1.94 bits per heavy atom. The number of halogens is 1. The van der Waals surface area contributed by atoms with Crippen LogP contribution in [0.4, 0.5) is 5.69 Å². The predicted molar refractivity (Wildman–Crippen MR) is 75.6 cm³/mol. The van der Waals surface area contributed by atoms with E-state index in [-0.39, 0.29) is 12.3 Å². The van der Waals surface area contributed by atoms with Crippen molar-refractivity contribution in [2.75, 3.05) is 10.6 Å². The van der Waals surface area contributed by atoms with Crippen molar-refractivity contribution in [3.8, 4) is 0 Å². The zero-order chi connectivity index (χ0) is 13.4. The van der Waals surface area contributed by atoms with Gasteiger partial charge in [-0.3, -0.25) is 9.59 Å². The summed E-state index contributed by atoms with van der Waals surface area (Å²) in [6.07, 6.45) is 2.43. The molecular formula is C13H17BrN2O2. The van der Waals surface area contributed by atoms with Gasteiger partial charge in [-0.15, -0.1) is 0 Å². The van der Waals surface area contributed by atoms with E-state index in [2.05, 4.69) is 21.2 Å². The lowest BCUT2D eigenvalue weighted by atomic mass is 10.1. The first kappa shape index (κ1) is 14.7. The number of carbonyl (C=O) groups is 2. The van der Waals surface area contributed by atoms with E-state index in [1.807, 2.05) is 12.1 Å². The van der Waals surface area contributed by atoms with Gasteiger partial charge in [-0.2, -0.15) is 0 Å². The number of alkyl halides is 1. The average Bonchev–Trinajstić information content (AvgIpc) is 2.31. The Morgan fingerprint density at radius 1 is 1.22 bits per heavy atom. The highest BCUT2D eigenvalue weighted by Crippen LogP contribution is 2.16. The van der Waals surface area contributed by atoms with Crippen molar-refractivity contribution in [2.24, 2.45) is 5.73 Å². The number of amides is 2. The van der Waals surface area contributed by atoms with Crippen molar-refractivity contribution in [1.82, 2.24) is 0 Å². The number of rotatable bonds is 7. The van der Waals surface area contributed by atoms with E-state index in [4.69, 9.17) is 5.73 Å². The van der Waals surface area contributed by atoms with Crippen LogP contribution in [0, 0.1) is 0 Å². The molecule has 5 heteroatoms. The van der Waals surface area contributed by atoms with Gasteiger partial charge >= 0.3 is 0 Å². The number of hydrogen-bond donors (Lipinski definition) is 2. The van der Waals surface area contributed by atoms with Crippen LogP contribution < -0.4 is 11.1 Å². The van der Waals surface area contributed by atoms with E-state index in [1.54, 1.807) is 12.1 Å². The lowest BCUT2D eigenvalue weighted by Gasteiger charge is -2.09. The smallest absolute Gasteiger partial charge is 0.224 e. The van der Waals surface area contributed by atoms with E-state index >= 15 is 0 Å². The maximum Gasteiger partial charge on any atom is 0.224 e. The molecule has 0 aliphatic carbocycles. The third-order valence-electron chi connectivity index (χ3n) is 2.44. The molecule has 0 aromatic heterocycles. The SMILES string of the molecule is NC(=O)Cc1ccccc1NC(=O)CCCCBr. The van der Waals surface area contributed by atoms with Crippen molar-refractivity contribution >= 4 is 33.4 Å². The van der Waals surface area contributed by atoms with Gasteiger partial charge in [-0.1, -0.05) is 34.1 Å². The third-order valence-corrected chi connectivity index (χ3v) is 3.00. The lowest BCUT2D eigenvalue weighted by molar-refractivity contribution is -0.118. The van der Waals surface area contributed by atoms with Crippen LogP contribution in [0.25, 0.3) is 0 Å². The zero-order valence-corrected chi connectivity index (χ0v) is 11.7. The molecular weight excluding hydrogens is 296 g/mol. The molecule has 0 bridgehead atoms. The standard InChI is InChI=1S/C13H17BrN2O2/c14-8-4-3-7-13(18)16-11-6-2-1-5-10(11)9-12(15)17/h1-2,5-6H,3-4,7-9H2,(H2,15,17)(H,16,18). The molecule has 0 atom stereocenters. The predicted octanol–water partition coefficient (Wildman–Crippen LogP) is 2.22. The van der Waals surface area contributed by atoms with Crippen LogP contribution in [0.1, 0.15) is 24.8 Å². The minimum Gasteiger partial charge on any atom is -0.369 e. The van der Waals surface area contributed by atoms with Crippen LogP contribution >= 0.6 is 15.9 Å². The summed E-state index contributed by atoms with van der Waals surface area (Å²) in [5.41, 5.74) is 6.58. The van der Waals surface area contributed by atoms with Crippen LogP contribution in [0.5, 0.6) is 0 Å². The second kappa shape index (κ2) is 7.87. The summed E-state index contributed by atoms with van der Waals surface area (Å²) in [4.78, 5) is 22.6. The minimum absolute atomic E-state index is 0.0344. The molecule has 0 saturated carbocycles. The van der Waals surface area contributed by atoms with Crippen molar-refractivity contribution in [3.05, 3.63) is 29.8 Å². The molecule has 3 N–H and O–H groups in total. The monoisotopic (exact) mass is 312 g/mol. The molecule has 0 fully saturated rings. The van der Waals surface area contributed by atoms with E-state index in [1.165, 1.54) is 0 Å². The van der Waals surface area contributed by atoms with Crippen LogP contribution in [-0.4, -0.2) is 17.1 Å². The topological polar surface area (TPSA) is 72.2 Å². The number of unbranched alkanes of at least 4 members (excludes halogenated alkanes) is 1. The van der Waals surface area contributed by atoms with E-state index < -0.39 is 5.91 Å². The highest BCUT2D eigenvalue weighted by atomic mass is 79.9. The fraction of sp³-hybridized carbons (Fsp3) is 0.385. The molecule has 0 heterocycles. The van der Waals surface area contributed by atoms with Gasteiger partial charge in [-0.05, 0) is 24.5 Å². The summed E-state index contributed by atoms with van der Waals surface area (Å²) in [7, 11) is 0. The summed E-state index contributed by atoms with van der Waals surface area (Å²) in [5, 5.41) is 3.71. The van der Waals surface area contributed by atoms with Crippen LogP contribution in [0.3, 0.4) is 0 Å². The quantitative estimate of drug-likeness (QED) is 0.598. The molecule has 0 aliphatic rings. The van der Waals surface area contributed by atoms with Crippen molar-refractivity contribution < 1.29 is 9.59 Å². The summed E-state index contributed by atoms with van der Waals surface area (Å²) in [6, 6.07) is 7.21. The number of anilines is 1. The van der Waals surface area contributed by atoms with Gasteiger partial charge in [0.15, 0.2) is 0 Å². The van der Waals surface area contributed by atoms with Gasteiger partial charge in [0.2, 0.25) is 11.8 Å². The van der Waals surface area contributed by atoms with Gasteiger partial charge in [0.1, 0.15) is 0 Å². The number of nitrogens with one attached hydrogen (secondary N) is 1. The second-order valence-corrected chi connectivity index (χ2v) is 4.79. The summed E-state index contributed by atoms with van der Waals surface area (Å²) in [5.74, 6) is -0.441. The molecule has 0 aliphatic heterocycles. The third kappa shape index (κ3) is 5.31. The summed E-state index contributed by atoms with van der Waals surface area (Å²) in [6.45, 7) is 0. The molecule has 1 aromatic rings. The summed E-state index contributed by atoms with van der Waals surface area (Å²) >= 11 is 3.32. The number of hydrogen-bond acceptors (Lipinski definition) is 2. The molecule has 18 heavy (non-hydrogen) atoms. The Labute approximate surface area is 115 Å². The normalized spacial score (nSPS) is 10.1. The summed E-state index contributed by atoms with van der Waals surface area (Å²) < 4.78 is 0. The van der Waals surface area contributed by atoms with Crippen LogP contribution in [0.15, 0.2) is 24.3 Å². The highest BCUT2D eigenvalue weighted by Gasteiger charge is 2.08. The minimum atomic E-state index is -0.406. The van der Waals surface area contributed by atoms with E-state index in [0.29, 0.717) is 12.1 Å². The Bertz CT molecular complexity index is 421. The maximum atomic E-state index is 11.7. The molecule has 98 valence electrons. The molecule has 0 radical (unpaired) electrons. The van der Waals surface area contributed by atoms with Crippen molar-refractivity contribution in [3.63, 3.8) is 0 Å². The fourth-order valence-corrected chi connectivity index (χ4v) is 1.97. The van der Waals surface area contributed by atoms with Gasteiger partial charge < -0.3 is 11.1 Å². The van der Waals surface area contributed by atoms with Gasteiger partial charge in [0.25, 0.3) is 0 Å². The van der Waals surface area contributed by atoms with Crippen LogP contribution in [0.2, 0.25) is 0 Å². The van der Waals surface area contributed by atoms with Crippen LogP contribution in [-0.2, 0) is 16.0 Å². The fourth-order valence-electron chi connectivity index (χ4n) is 1.58. The first-order valence-electron chi connectivity index (χ1n) is 5.85. The zero-order valence-electron chi connectivity index (χ0n) is 10.1. The number of carbonyl (C=O) groups excluding carboxylic acids is 2. The molecule has 1 rings (SSSR count).